The number of anilines is 1. The van der Waals surface area contributed by atoms with Crippen molar-refractivity contribution in [3.8, 4) is 0 Å². The number of methoxy groups -OCH3 is 1. The molecule has 2 atom stereocenters. The number of carbonyl (C=O) groups is 2. The van der Waals surface area contributed by atoms with Crippen LogP contribution in [0.25, 0.3) is 0 Å². The van der Waals surface area contributed by atoms with Gasteiger partial charge in [-0.05, 0) is 37.9 Å². The minimum atomic E-state index is -0.187. The number of hydrogen-bond donors (Lipinski definition) is 1. The van der Waals surface area contributed by atoms with E-state index in [0.29, 0.717) is 18.7 Å². The Morgan fingerprint density at radius 1 is 1.28 bits per heavy atom. The van der Waals surface area contributed by atoms with Gasteiger partial charge in [0.15, 0.2) is 0 Å². The van der Waals surface area contributed by atoms with E-state index in [9.17, 15) is 9.59 Å². The molecule has 0 saturated carbocycles. The van der Waals surface area contributed by atoms with Gasteiger partial charge >= 0.3 is 5.97 Å². The average molecular weight is 346 g/mol. The topological polar surface area (TPSA) is 74.8 Å². The number of esters is 1. The summed E-state index contributed by atoms with van der Waals surface area (Å²) < 4.78 is 4.75. The maximum atomic E-state index is 12.4. The quantitative estimate of drug-likeness (QED) is 0.796. The monoisotopic (exact) mass is 346 g/mol. The van der Waals surface area contributed by atoms with Crippen molar-refractivity contribution in [1.29, 1.82) is 0 Å². The van der Waals surface area contributed by atoms with Crippen molar-refractivity contribution < 1.29 is 14.3 Å². The fourth-order valence-electron chi connectivity index (χ4n) is 3.68. The van der Waals surface area contributed by atoms with E-state index in [-0.39, 0.29) is 24.0 Å². The average Bonchev–Trinajstić information content (AvgIpc) is 3.16. The van der Waals surface area contributed by atoms with Gasteiger partial charge in [0.1, 0.15) is 11.5 Å². The van der Waals surface area contributed by atoms with Crippen LogP contribution in [-0.2, 0) is 16.0 Å². The van der Waals surface area contributed by atoms with Gasteiger partial charge in [0, 0.05) is 32.2 Å². The van der Waals surface area contributed by atoms with Crippen LogP contribution in [0.2, 0.25) is 0 Å². The highest BCUT2D eigenvalue weighted by molar-refractivity contribution is 5.92. The van der Waals surface area contributed by atoms with Crippen molar-refractivity contribution in [3.63, 3.8) is 0 Å². The van der Waals surface area contributed by atoms with Gasteiger partial charge in [-0.25, -0.2) is 4.98 Å². The summed E-state index contributed by atoms with van der Waals surface area (Å²) in [4.78, 5) is 32.6. The van der Waals surface area contributed by atoms with E-state index in [1.807, 2.05) is 20.2 Å². The first kappa shape index (κ1) is 17.7. The molecule has 1 N–H and O–H groups in total. The molecular formula is C18H26N4O3. The number of nitrogens with one attached hydrogen (secondary N) is 1. The molecule has 0 radical (unpaired) electrons. The van der Waals surface area contributed by atoms with Crippen LogP contribution in [0.4, 0.5) is 5.82 Å². The third-order valence-electron chi connectivity index (χ3n) is 5.38. The summed E-state index contributed by atoms with van der Waals surface area (Å²) in [6.45, 7) is 1.50. The Labute approximate surface area is 148 Å². The molecular weight excluding hydrogens is 320 g/mol. The van der Waals surface area contributed by atoms with Crippen LogP contribution in [0.5, 0.6) is 0 Å². The molecule has 7 nitrogen and oxygen atoms in total. The fraction of sp³-hybridized carbons (Fsp3) is 0.611. The number of rotatable bonds is 5. The summed E-state index contributed by atoms with van der Waals surface area (Å²) in [5, 5.41) is 2.99. The summed E-state index contributed by atoms with van der Waals surface area (Å²) in [5.41, 5.74) is 1.65. The summed E-state index contributed by atoms with van der Waals surface area (Å²) >= 11 is 0. The fourth-order valence-corrected chi connectivity index (χ4v) is 3.68. The first-order valence-corrected chi connectivity index (χ1v) is 8.77. The molecule has 3 rings (SSSR count). The lowest BCUT2D eigenvalue weighted by molar-refractivity contribution is -0.141. The van der Waals surface area contributed by atoms with Gasteiger partial charge in [-0.1, -0.05) is 6.07 Å². The molecule has 3 heterocycles. The number of nitrogens with zero attached hydrogens (tertiary/aromatic N) is 3. The zero-order valence-electron chi connectivity index (χ0n) is 15.1. The molecule has 1 saturated heterocycles. The largest absolute Gasteiger partial charge is 0.469 e. The van der Waals surface area contributed by atoms with Gasteiger partial charge in [0.05, 0.1) is 13.5 Å². The Bertz CT molecular complexity index is 664. The smallest absolute Gasteiger partial charge is 0.307 e. The Balaban J connectivity index is 1.55. The Morgan fingerprint density at radius 2 is 2.04 bits per heavy atom. The highest BCUT2D eigenvalue weighted by Crippen LogP contribution is 2.25. The van der Waals surface area contributed by atoms with Crippen LogP contribution in [0, 0.1) is 0 Å². The van der Waals surface area contributed by atoms with E-state index in [0.717, 1.165) is 31.6 Å². The van der Waals surface area contributed by atoms with Crippen LogP contribution >= 0.6 is 0 Å². The van der Waals surface area contributed by atoms with Gasteiger partial charge < -0.3 is 15.0 Å². The SMILES string of the molecule is COC(=O)C[C@H]1CC[C@@H](CNC(=O)c2ccc3c(n2)N(C)CC3)N1C. The number of aromatic nitrogens is 1. The lowest BCUT2D eigenvalue weighted by Crippen LogP contribution is -2.41. The lowest BCUT2D eigenvalue weighted by atomic mass is 10.1. The Morgan fingerprint density at radius 3 is 2.80 bits per heavy atom. The molecule has 0 aromatic carbocycles. The van der Waals surface area contributed by atoms with E-state index >= 15 is 0 Å². The van der Waals surface area contributed by atoms with Crippen molar-refractivity contribution in [2.75, 3.05) is 39.2 Å². The molecule has 1 aromatic rings. The zero-order valence-corrected chi connectivity index (χ0v) is 15.1. The van der Waals surface area contributed by atoms with Crippen LogP contribution in [-0.4, -0.2) is 68.1 Å². The van der Waals surface area contributed by atoms with Crippen molar-refractivity contribution in [2.24, 2.45) is 0 Å². The molecule has 1 fully saturated rings. The second-order valence-corrected chi connectivity index (χ2v) is 6.89. The molecule has 2 aliphatic rings. The summed E-state index contributed by atoms with van der Waals surface area (Å²) in [5.74, 6) is 0.574. The summed E-state index contributed by atoms with van der Waals surface area (Å²) in [6, 6.07) is 4.21. The third-order valence-corrected chi connectivity index (χ3v) is 5.38. The number of ether oxygens (including phenoxy) is 1. The number of amides is 1. The molecule has 136 valence electrons. The number of likely N-dealkylation sites (N-methyl/N-ethyl adjacent to an activating group) is 2. The summed E-state index contributed by atoms with van der Waals surface area (Å²) in [6.07, 6.45) is 3.28. The molecule has 1 amide bonds. The zero-order chi connectivity index (χ0) is 18.0. The molecule has 7 heteroatoms. The Hall–Kier alpha value is -2.15. The predicted molar refractivity (Wildman–Crippen MR) is 94.8 cm³/mol. The third kappa shape index (κ3) is 3.76. The second-order valence-electron chi connectivity index (χ2n) is 6.89. The van der Waals surface area contributed by atoms with Crippen LogP contribution in [0.1, 0.15) is 35.3 Å². The molecule has 25 heavy (non-hydrogen) atoms. The number of hydrogen-bond acceptors (Lipinski definition) is 6. The summed E-state index contributed by atoms with van der Waals surface area (Å²) in [7, 11) is 5.41. The van der Waals surface area contributed by atoms with E-state index in [2.05, 4.69) is 20.1 Å². The number of carbonyl (C=O) groups excluding carboxylic acids is 2. The van der Waals surface area contributed by atoms with Crippen molar-refractivity contribution >= 4 is 17.7 Å². The van der Waals surface area contributed by atoms with Gasteiger partial charge in [-0.15, -0.1) is 0 Å². The second kappa shape index (κ2) is 7.39. The normalized spacial score (nSPS) is 22.8. The predicted octanol–water partition coefficient (Wildman–Crippen LogP) is 0.830. The first-order chi connectivity index (χ1) is 12.0. The minimum Gasteiger partial charge on any atom is -0.469 e. The molecule has 0 spiro atoms. The van der Waals surface area contributed by atoms with Gasteiger partial charge in [-0.2, -0.15) is 0 Å². The van der Waals surface area contributed by atoms with Crippen LogP contribution < -0.4 is 10.2 Å². The standard InChI is InChI=1S/C18H26N4O3/c1-21-9-8-12-4-7-15(20-17(12)21)18(24)19-11-14-6-5-13(22(14)2)10-16(23)25-3/h4,7,13-14H,5-6,8-11H2,1-3H3,(H,19,24)/t13-,14+/m1/s1. The van der Waals surface area contributed by atoms with Crippen molar-refractivity contribution in [2.45, 2.75) is 37.8 Å². The highest BCUT2D eigenvalue weighted by atomic mass is 16.5. The van der Waals surface area contributed by atoms with Crippen molar-refractivity contribution in [3.05, 3.63) is 23.4 Å². The molecule has 1 aromatic heterocycles. The minimum absolute atomic E-state index is 0.145. The van der Waals surface area contributed by atoms with Gasteiger partial charge in [0.25, 0.3) is 5.91 Å². The van der Waals surface area contributed by atoms with Crippen LogP contribution in [0.3, 0.4) is 0 Å². The number of pyridine rings is 1. The van der Waals surface area contributed by atoms with E-state index < -0.39 is 0 Å². The van der Waals surface area contributed by atoms with E-state index in [4.69, 9.17) is 4.74 Å². The van der Waals surface area contributed by atoms with Crippen molar-refractivity contribution in [1.82, 2.24) is 15.2 Å². The first-order valence-electron chi connectivity index (χ1n) is 8.77. The van der Waals surface area contributed by atoms with Crippen LogP contribution in [0.15, 0.2) is 12.1 Å². The molecule has 2 aliphatic heterocycles. The van der Waals surface area contributed by atoms with E-state index in [1.165, 1.54) is 12.7 Å². The van der Waals surface area contributed by atoms with E-state index in [1.54, 1.807) is 6.07 Å². The highest BCUT2D eigenvalue weighted by Gasteiger charge is 2.32. The maximum absolute atomic E-state index is 12.4. The molecule has 0 bridgehead atoms. The molecule has 0 aliphatic carbocycles. The number of likely N-dealkylation sites (tertiary alicyclic amines) is 1. The maximum Gasteiger partial charge on any atom is 0.307 e. The Kier molecular flexibility index (Phi) is 5.22. The number of fused-ring (bicyclic) bond motifs is 1. The van der Waals surface area contributed by atoms with Gasteiger partial charge in [-0.3, -0.25) is 14.5 Å². The lowest BCUT2D eigenvalue weighted by Gasteiger charge is -2.25. The molecule has 0 unspecified atom stereocenters. The van der Waals surface area contributed by atoms with Gasteiger partial charge in [0.2, 0.25) is 0 Å².